The smallest absolute Gasteiger partial charge is 0.407 e. The lowest BCUT2D eigenvalue weighted by Gasteiger charge is -2.04. The van der Waals surface area contributed by atoms with Crippen LogP contribution in [0.4, 0.5) is 11.5 Å². The Morgan fingerprint density at radius 3 is 2.88 bits per heavy atom. The van der Waals surface area contributed by atoms with E-state index >= 15 is 0 Å². The van der Waals surface area contributed by atoms with Crippen LogP contribution >= 0.6 is 0 Å². The molecule has 128 valence electrons. The highest BCUT2D eigenvalue weighted by Gasteiger charge is 2.14. The molecule has 25 heavy (non-hydrogen) atoms. The molecule has 1 amide bonds. The number of pyridine rings is 1. The van der Waals surface area contributed by atoms with Crippen molar-refractivity contribution in [2.75, 3.05) is 5.32 Å². The van der Waals surface area contributed by atoms with Crippen molar-refractivity contribution in [2.45, 2.75) is 19.4 Å². The fraction of sp³-hybridized carbons (Fsp3) is 0.188. The molecule has 0 saturated heterocycles. The molecule has 0 aliphatic heterocycles. The van der Waals surface area contributed by atoms with Gasteiger partial charge >= 0.3 is 5.76 Å². The second-order valence-corrected chi connectivity index (χ2v) is 5.30. The maximum absolute atomic E-state index is 11.9. The molecule has 2 aromatic heterocycles. The van der Waals surface area contributed by atoms with Crippen LogP contribution in [0.5, 0.6) is 0 Å². The number of carbonyl (C=O) groups excluding carboxylic acids is 1. The molecule has 0 atom stereocenters. The lowest BCUT2D eigenvalue weighted by Crippen LogP contribution is -2.17. The molecule has 0 unspecified atom stereocenters. The van der Waals surface area contributed by atoms with E-state index in [0.29, 0.717) is 17.8 Å². The van der Waals surface area contributed by atoms with Crippen molar-refractivity contribution in [3.05, 3.63) is 63.3 Å². The van der Waals surface area contributed by atoms with Gasteiger partial charge in [-0.25, -0.2) is 9.78 Å². The number of nitro benzene ring substituents is 1. The molecule has 3 aromatic rings. The molecule has 0 fully saturated rings. The first-order valence-corrected chi connectivity index (χ1v) is 7.53. The lowest BCUT2D eigenvalue weighted by atomic mass is 10.2. The fourth-order valence-electron chi connectivity index (χ4n) is 2.42. The van der Waals surface area contributed by atoms with Crippen LogP contribution in [0, 0.1) is 10.1 Å². The molecular formula is C16H14N4O5. The van der Waals surface area contributed by atoms with Gasteiger partial charge in [0.15, 0.2) is 5.58 Å². The molecule has 0 aliphatic rings. The van der Waals surface area contributed by atoms with Crippen LogP contribution in [0.3, 0.4) is 0 Å². The van der Waals surface area contributed by atoms with Gasteiger partial charge in [0.05, 0.1) is 16.5 Å². The Morgan fingerprint density at radius 2 is 2.16 bits per heavy atom. The van der Waals surface area contributed by atoms with Gasteiger partial charge in [0.2, 0.25) is 5.91 Å². The summed E-state index contributed by atoms with van der Waals surface area (Å²) in [7, 11) is 0. The topological polar surface area (TPSA) is 120 Å². The van der Waals surface area contributed by atoms with Gasteiger partial charge in [-0.2, -0.15) is 0 Å². The van der Waals surface area contributed by atoms with Crippen molar-refractivity contribution in [1.29, 1.82) is 0 Å². The highest BCUT2D eigenvalue weighted by molar-refractivity contribution is 5.89. The van der Waals surface area contributed by atoms with E-state index in [9.17, 15) is 19.7 Å². The third-order valence-corrected chi connectivity index (χ3v) is 3.58. The van der Waals surface area contributed by atoms with Crippen LogP contribution in [-0.4, -0.2) is 20.4 Å². The van der Waals surface area contributed by atoms with Gasteiger partial charge < -0.3 is 9.73 Å². The second kappa shape index (κ2) is 6.95. The second-order valence-electron chi connectivity index (χ2n) is 5.30. The number of nitrogens with one attached hydrogen (secondary N) is 1. The van der Waals surface area contributed by atoms with Gasteiger partial charge in [-0.1, -0.05) is 6.07 Å². The van der Waals surface area contributed by atoms with Crippen molar-refractivity contribution in [3.63, 3.8) is 0 Å². The first-order valence-electron chi connectivity index (χ1n) is 7.53. The van der Waals surface area contributed by atoms with E-state index < -0.39 is 10.7 Å². The number of rotatable bonds is 6. The average molecular weight is 342 g/mol. The van der Waals surface area contributed by atoms with Gasteiger partial charge in [0.25, 0.3) is 5.69 Å². The minimum Gasteiger partial charge on any atom is -0.407 e. The maximum atomic E-state index is 11.9. The molecule has 0 spiro atoms. The van der Waals surface area contributed by atoms with Crippen LogP contribution in [0.1, 0.15) is 12.8 Å². The number of hydrogen-bond acceptors (Lipinski definition) is 6. The standard InChI is InChI=1S/C16H14N4O5/c21-15(18-14-4-1-2-8-17-14)5-3-9-19-12-7-6-11(20(23)24)10-13(12)25-16(19)22/h1-2,4,6-8,10H,3,5,9H2,(H,17,18,21). The Balaban J connectivity index is 1.65. The largest absolute Gasteiger partial charge is 0.419 e. The zero-order valence-corrected chi connectivity index (χ0v) is 13.0. The van der Waals surface area contributed by atoms with E-state index in [1.807, 2.05) is 0 Å². The van der Waals surface area contributed by atoms with Gasteiger partial charge in [0.1, 0.15) is 5.82 Å². The Morgan fingerprint density at radius 1 is 1.32 bits per heavy atom. The van der Waals surface area contributed by atoms with E-state index in [2.05, 4.69) is 10.3 Å². The normalized spacial score (nSPS) is 10.7. The minimum absolute atomic E-state index is 0.150. The van der Waals surface area contributed by atoms with Crippen LogP contribution in [0.2, 0.25) is 0 Å². The third kappa shape index (κ3) is 3.71. The zero-order valence-electron chi connectivity index (χ0n) is 13.0. The highest BCUT2D eigenvalue weighted by atomic mass is 16.6. The monoisotopic (exact) mass is 342 g/mol. The van der Waals surface area contributed by atoms with Gasteiger partial charge in [-0.15, -0.1) is 0 Å². The number of nitrogens with zero attached hydrogens (tertiary/aromatic N) is 3. The summed E-state index contributed by atoms with van der Waals surface area (Å²) in [4.78, 5) is 38.0. The molecule has 0 radical (unpaired) electrons. The summed E-state index contributed by atoms with van der Waals surface area (Å²) in [6, 6.07) is 9.17. The number of oxazole rings is 1. The van der Waals surface area contributed by atoms with Crippen LogP contribution < -0.4 is 11.1 Å². The fourth-order valence-corrected chi connectivity index (χ4v) is 2.42. The summed E-state index contributed by atoms with van der Waals surface area (Å²) >= 11 is 0. The Kier molecular flexibility index (Phi) is 4.55. The molecule has 1 aromatic carbocycles. The third-order valence-electron chi connectivity index (χ3n) is 3.58. The molecular weight excluding hydrogens is 328 g/mol. The van der Waals surface area contributed by atoms with Crippen LogP contribution in [0.25, 0.3) is 11.1 Å². The number of non-ortho nitro benzene ring substituents is 1. The minimum atomic E-state index is -0.611. The summed E-state index contributed by atoms with van der Waals surface area (Å²) in [6.45, 7) is 0.263. The number of carbonyl (C=O) groups is 1. The molecule has 0 bridgehead atoms. The number of nitro groups is 1. The number of aromatic nitrogens is 2. The zero-order chi connectivity index (χ0) is 17.8. The van der Waals surface area contributed by atoms with Crippen LogP contribution in [-0.2, 0) is 11.3 Å². The average Bonchev–Trinajstić information content (AvgIpc) is 2.90. The lowest BCUT2D eigenvalue weighted by molar-refractivity contribution is -0.384. The molecule has 1 N–H and O–H groups in total. The van der Waals surface area contributed by atoms with Gasteiger partial charge in [0, 0.05) is 25.2 Å². The first kappa shape index (κ1) is 16.4. The molecule has 9 heteroatoms. The highest BCUT2D eigenvalue weighted by Crippen LogP contribution is 2.20. The van der Waals surface area contributed by atoms with Gasteiger partial charge in [-0.3, -0.25) is 19.5 Å². The van der Waals surface area contributed by atoms with Gasteiger partial charge in [-0.05, 0) is 24.6 Å². The number of amides is 1. The van der Waals surface area contributed by atoms with Crippen molar-refractivity contribution >= 4 is 28.5 Å². The van der Waals surface area contributed by atoms with Crippen LogP contribution in [0.15, 0.2) is 51.8 Å². The Hall–Kier alpha value is -3.49. The van der Waals surface area contributed by atoms with E-state index in [1.165, 1.54) is 22.8 Å². The van der Waals surface area contributed by atoms with Crippen molar-refractivity contribution in [1.82, 2.24) is 9.55 Å². The predicted octanol–water partition coefficient (Wildman–Crippen LogP) is 2.32. The summed E-state index contributed by atoms with van der Waals surface area (Å²) in [5, 5.41) is 13.4. The molecule has 0 saturated carbocycles. The van der Waals surface area contributed by atoms with Crippen molar-refractivity contribution in [2.24, 2.45) is 0 Å². The molecule has 9 nitrogen and oxygen atoms in total. The molecule has 3 rings (SSSR count). The number of hydrogen-bond donors (Lipinski definition) is 1. The Labute approximate surface area is 141 Å². The predicted molar refractivity (Wildman–Crippen MR) is 89.2 cm³/mol. The van der Waals surface area contributed by atoms with Crippen molar-refractivity contribution < 1.29 is 14.1 Å². The summed E-state index contributed by atoms with van der Waals surface area (Å²) in [5.74, 6) is -0.360. The molecule has 2 heterocycles. The number of benzene rings is 1. The van der Waals surface area contributed by atoms with E-state index in [4.69, 9.17) is 4.42 Å². The van der Waals surface area contributed by atoms with E-state index in [0.717, 1.165) is 0 Å². The van der Waals surface area contributed by atoms with E-state index in [-0.39, 0.29) is 30.1 Å². The molecule has 0 aliphatic carbocycles. The van der Waals surface area contributed by atoms with Crippen molar-refractivity contribution in [3.8, 4) is 0 Å². The summed E-state index contributed by atoms with van der Waals surface area (Å²) < 4.78 is 6.39. The number of anilines is 1. The van der Waals surface area contributed by atoms with E-state index in [1.54, 1.807) is 24.4 Å². The summed E-state index contributed by atoms with van der Waals surface area (Å²) in [6.07, 6.45) is 2.18. The Bertz CT molecular complexity index is 977. The summed E-state index contributed by atoms with van der Waals surface area (Å²) in [5.41, 5.74) is 0.459. The SMILES string of the molecule is O=C(CCCn1c(=O)oc2cc([N+](=O)[O-])ccc21)Nc1ccccn1. The maximum Gasteiger partial charge on any atom is 0.419 e. The quantitative estimate of drug-likeness (QED) is 0.542. The first-order chi connectivity index (χ1) is 12.0. The number of aryl methyl sites for hydroxylation is 1. The number of fused-ring (bicyclic) bond motifs is 1.